The molecule has 0 spiro atoms. The second-order valence-corrected chi connectivity index (χ2v) is 15.2. The number of rotatable bonds is 7. The van der Waals surface area contributed by atoms with Crippen LogP contribution in [0.2, 0.25) is 0 Å². The van der Waals surface area contributed by atoms with Crippen LogP contribution < -0.4 is 0 Å². The molecule has 0 amide bonds. The average molecular weight is 629 g/mol. The maximum atomic E-state index is 13.0. The second-order valence-electron chi connectivity index (χ2n) is 15.2. The van der Waals surface area contributed by atoms with E-state index in [0.717, 1.165) is 55.4 Å². The molecule has 4 nitrogen and oxygen atoms in total. The van der Waals surface area contributed by atoms with Crippen LogP contribution >= 0.6 is 0 Å². The normalized spacial score (nSPS) is 22.7. The van der Waals surface area contributed by atoms with E-state index in [9.17, 15) is 9.59 Å². The summed E-state index contributed by atoms with van der Waals surface area (Å²) >= 11 is 0. The third kappa shape index (κ3) is 7.87. The predicted octanol–water partition coefficient (Wildman–Crippen LogP) is 9.44. The van der Waals surface area contributed by atoms with Crippen molar-refractivity contribution in [1.29, 1.82) is 0 Å². The Balaban J connectivity index is 0.000000150. The van der Waals surface area contributed by atoms with E-state index in [1.54, 1.807) is 0 Å². The highest BCUT2D eigenvalue weighted by Gasteiger charge is 2.32. The highest BCUT2D eigenvalue weighted by molar-refractivity contribution is 6.02. The number of aryl methyl sites for hydroxylation is 2. The predicted molar refractivity (Wildman–Crippen MR) is 194 cm³/mol. The molecule has 2 saturated heterocycles. The molecule has 2 aliphatic carbocycles. The molecule has 2 saturated carbocycles. The molecular weight excluding hydrogens is 576 g/mol. The number of Topliss-reactive ketones (excluding diaryl/α,β-unsaturated/α-hetero) is 2. The van der Waals surface area contributed by atoms with Crippen LogP contribution in [0.5, 0.6) is 0 Å². The summed E-state index contributed by atoms with van der Waals surface area (Å²) in [5.41, 5.74) is 4.31. The fraction of sp³-hybridized carbons (Fsp3) is 0.488. The summed E-state index contributed by atoms with van der Waals surface area (Å²) in [6, 6.07) is 26.0. The first kappa shape index (κ1) is 32.2. The molecule has 0 bridgehead atoms. The molecule has 4 aliphatic rings. The van der Waals surface area contributed by atoms with E-state index in [0.29, 0.717) is 11.6 Å². The topological polar surface area (TPSA) is 40.6 Å². The summed E-state index contributed by atoms with van der Waals surface area (Å²) in [4.78, 5) is 31.1. The number of likely N-dealkylation sites (tertiary alicyclic amines) is 2. The van der Waals surface area contributed by atoms with Crippen molar-refractivity contribution < 1.29 is 9.59 Å². The first-order valence-electron chi connectivity index (χ1n) is 18.5. The minimum atomic E-state index is 0.183. The largest absolute Gasteiger partial charge is 0.302 e. The molecule has 47 heavy (non-hydrogen) atoms. The SMILES string of the molecule is Cc1ccc2cc(C(=O)C3CCCN(C4CCCC4)C3)ccc2c1.Cc1ccc2cc(C(=O)C3CCCN(CC4CC4)C3)ccc2c1. The smallest absolute Gasteiger partial charge is 0.167 e. The zero-order valence-electron chi connectivity index (χ0n) is 28.6. The van der Waals surface area contributed by atoms with Crippen molar-refractivity contribution in [2.75, 3.05) is 32.7 Å². The van der Waals surface area contributed by atoms with Gasteiger partial charge in [0.05, 0.1) is 0 Å². The standard InChI is InChI=1S/C22H27NO.C21H25NO/c1-16-8-9-18-14-19(11-10-17(18)13-16)22(24)20-5-4-12-23(15-20)21-6-2-3-7-21;1-15-4-7-18-12-19(9-8-17(18)11-15)21(23)20-3-2-10-22(14-20)13-16-5-6-16/h8-11,13-14,20-21H,2-7,12,15H2,1H3;4,7-9,11-12,16,20H,2-3,5-6,10,13-14H2,1H3. The molecular formula is C43H52N2O2. The van der Waals surface area contributed by atoms with Gasteiger partial charge in [0.2, 0.25) is 0 Å². The molecule has 0 aromatic heterocycles. The van der Waals surface area contributed by atoms with Crippen LogP contribution in [0.1, 0.15) is 96.1 Å². The molecule has 2 atom stereocenters. The lowest BCUT2D eigenvalue weighted by molar-refractivity contribution is 0.0757. The highest BCUT2D eigenvalue weighted by Crippen LogP contribution is 2.32. The zero-order valence-corrected chi connectivity index (χ0v) is 28.6. The van der Waals surface area contributed by atoms with Crippen LogP contribution in [0.15, 0.2) is 72.8 Å². The summed E-state index contributed by atoms with van der Waals surface area (Å²) < 4.78 is 0. The Labute approximate surface area is 281 Å². The summed E-state index contributed by atoms with van der Waals surface area (Å²) in [6.07, 6.45) is 12.6. The van der Waals surface area contributed by atoms with Crippen molar-refractivity contribution >= 4 is 33.1 Å². The van der Waals surface area contributed by atoms with Gasteiger partial charge in [-0.2, -0.15) is 0 Å². The summed E-state index contributed by atoms with van der Waals surface area (Å²) in [5, 5.41) is 4.80. The minimum Gasteiger partial charge on any atom is -0.302 e. The number of carbonyl (C=O) groups is 2. The van der Waals surface area contributed by atoms with Crippen molar-refractivity contribution in [1.82, 2.24) is 9.80 Å². The summed E-state index contributed by atoms with van der Waals surface area (Å²) in [6.45, 7) is 9.72. The van der Waals surface area contributed by atoms with Gasteiger partial charge in [-0.3, -0.25) is 14.5 Å². The lowest BCUT2D eigenvalue weighted by Gasteiger charge is -2.36. The third-order valence-electron chi connectivity index (χ3n) is 11.3. The number of fused-ring (bicyclic) bond motifs is 2. The van der Waals surface area contributed by atoms with Crippen LogP contribution in [-0.4, -0.2) is 60.1 Å². The molecule has 4 aromatic carbocycles. The molecule has 4 fully saturated rings. The number of hydrogen-bond donors (Lipinski definition) is 0. The number of carbonyl (C=O) groups excluding carboxylic acids is 2. The van der Waals surface area contributed by atoms with E-state index in [1.165, 1.54) is 97.3 Å². The van der Waals surface area contributed by atoms with Crippen molar-refractivity contribution in [3.8, 4) is 0 Å². The van der Waals surface area contributed by atoms with Gasteiger partial charge < -0.3 is 4.90 Å². The number of benzene rings is 4. The quantitative estimate of drug-likeness (QED) is 0.191. The number of piperidine rings is 2. The molecule has 8 rings (SSSR count). The van der Waals surface area contributed by atoms with Gasteiger partial charge in [-0.25, -0.2) is 0 Å². The van der Waals surface area contributed by atoms with Crippen LogP contribution in [-0.2, 0) is 0 Å². The molecule has 0 N–H and O–H groups in total. The van der Waals surface area contributed by atoms with Gasteiger partial charge in [-0.1, -0.05) is 84.6 Å². The van der Waals surface area contributed by atoms with Gasteiger partial charge in [0.25, 0.3) is 0 Å². The van der Waals surface area contributed by atoms with Gasteiger partial charge in [0, 0.05) is 48.6 Å². The Morgan fingerprint density at radius 2 is 1.09 bits per heavy atom. The Bertz CT molecular complexity index is 1730. The maximum Gasteiger partial charge on any atom is 0.167 e. The van der Waals surface area contributed by atoms with Crippen molar-refractivity contribution in [3.05, 3.63) is 95.1 Å². The molecule has 4 aromatic rings. The molecule has 246 valence electrons. The van der Waals surface area contributed by atoms with Crippen molar-refractivity contribution in [2.45, 2.75) is 84.1 Å². The first-order chi connectivity index (χ1) is 22.9. The van der Waals surface area contributed by atoms with E-state index in [4.69, 9.17) is 0 Å². The third-order valence-corrected chi connectivity index (χ3v) is 11.3. The number of nitrogens with zero attached hydrogens (tertiary/aromatic N) is 2. The van der Waals surface area contributed by atoms with Crippen LogP contribution in [0, 0.1) is 31.6 Å². The summed E-state index contributed by atoms with van der Waals surface area (Å²) in [7, 11) is 0. The Hall–Kier alpha value is -3.34. The van der Waals surface area contributed by atoms with Crippen molar-refractivity contribution in [2.24, 2.45) is 17.8 Å². The molecule has 2 aliphatic heterocycles. The van der Waals surface area contributed by atoms with Gasteiger partial charge >= 0.3 is 0 Å². The Morgan fingerprint density at radius 1 is 0.574 bits per heavy atom. The van der Waals surface area contributed by atoms with E-state index in [-0.39, 0.29) is 11.8 Å². The van der Waals surface area contributed by atoms with E-state index in [1.807, 2.05) is 12.1 Å². The molecule has 2 heterocycles. The number of hydrogen-bond acceptors (Lipinski definition) is 4. The van der Waals surface area contributed by atoms with E-state index >= 15 is 0 Å². The maximum absolute atomic E-state index is 13.0. The average Bonchev–Trinajstić information content (AvgIpc) is 3.74. The fourth-order valence-electron chi connectivity index (χ4n) is 8.43. The van der Waals surface area contributed by atoms with Gasteiger partial charge in [0.1, 0.15) is 0 Å². The lowest BCUT2D eigenvalue weighted by Crippen LogP contribution is -2.43. The van der Waals surface area contributed by atoms with E-state index < -0.39 is 0 Å². The Morgan fingerprint density at radius 3 is 1.66 bits per heavy atom. The zero-order chi connectivity index (χ0) is 32.3. The first-order valence-corrected chi connectivity index (χ1v) is 18.5. The highest BCUT2D eigenvalue weighted by atomic mass is 16.1. The Kier molecular flexibility index (Phi) is 9.88. The van der Waals surface area contributed by atoms with Gasteiger partial charge in [-0.15, -0.1) is 0 Å². The van der Waals surface area contributed by atoms with Crippen molar-refractivity contribution in [3.63, 3.8) is 0 Å². The van der Waals surface area contributed by atoms with E-state index in [2.05, 4.69) is 84.3 Å². The molecule has 2 unspecified atom stereocenters. The number of ketones is 2. The lowest BCUT2D eigenvalue weighted by atomic mass is 9.88. The van der Waals surface area contributed by atoms with Crippen LogP contribution in [0.25, 0.3) is 21.5 Å². The second kappa shape index (κ2) is 14.4. The monoisotopic (exact) mass is 628 g/mol. The fourth-order valence-corrected chi connectivity index (χ4v) is 8.43. The minimum absolute atomic E-state index is 0.183. The summed E-state index contributed by atoms with van der Waals surface area (Å²) in [5.74, 6) is 1.97. The van der Waals surface area contributed by atoms with Gasteiger partial charge in [-0.05, 0) is 118 Å². The molecule has 4 heteroatoms. The van der Waals surface area contributed by atoms with Gasteiger partial charge in [0.15, 0.2) is 11.6 Å². The van der Waals surface area contributed by atoms with Crippen LogP contribution in [0.4, 0.5) is 0 Å². The molecule has 0 radical (unpaired) electrons. The van der Waals surface area contributed by atoms with Crippen LogP contribution in [0.3, 0.4) is 0 Å².